The summed E-state index contributed by atoms with van der Waals surface area (Å²) in [5.74, 6) is -0.364. The minimum absolute atomic E-state index is 0.0000310. The molecule has 0 aromatic carbocycles. The molecule has 0 saturated heterocycles. The molecule has 0 radical (unpaired) electrons. The first-order valence-electron chi connectivity index (χ1n) is 16.4. The molecule has 1 N–H and O–H groups in total. The standard InChI is InChI=1S/C32H64N2O6/c1-7-11-13-15-17-19-23-37-31(38-24-20-18-16-14-12-8-2)22-21-30(35)39-26-28(5)27-40-32(36)33-29(6)25-34(9-3)10-4/h28-29,31H,7-27H2,1-6H3,(H,33,36). The molecule has 0 aliphatic carbocycles. The van der Waals surface area contributed by atoms with Crippen molar-refractivity contribution in [2.24, 2.45) is 5.92 Å². The van der Waals surface area contributed by atoms with Gasteiger partial charge in [-0.05, 0) is 32.9 Å². The molecule has 0 aliphatic heterocycles. The molecule has 0 bridgehead atoms. The number of ether oxygens (including phenoxy) is 4. The predicted octanol–water partition coefficient (Wildman–Crippen LogP) is 7.48. The number of amides is 1. The van der Waals surface area contributed by atoms with E-state index in [9.17, 15) is 9.59 Å². The van der Waals surface area contributed by atoms with Gasteiger partial charge in [0.15, 0.2) is 6.29 Å². The Morgan fingerprint density at radius 1 is 0.700 bits per heavy atom. The smallest absolute Gasteiger partial charge is 0.407 e. The Bertz CT molecular complexity index is 570. The summed E-state index contributed by atoms with van der Waals surface area (Å²) in [4.78, 5) is 26.7. The molecule has 8 nitrogen and oxygen atoms in total. The van der Waals surface area contributed by atoms with Gasteiger partial charge < -0.3 is 29.2 Å². The van der Waals surface area contributed by atoms with Crippen molar-refractivity contribution in [2.45, 2.75) is 144 Å². The van der Waals surface area contributed by atoms with E-state index in [1.807, 2.05) is 13.8 Å². The summed E-state index contributed by atoms with van der Waals surface area (Å²) >= 11 is 0. The quantitative estimate of drug-likeness (QED) is 0.0591. The van der Waals surface area contributed by atoms with E-state index in [2.05, 4.69) is 37.9 Å². The van der Waals surface area contributed by atoms with Gasteiger partial charge in [0.1, 0.15) is 0 Å². The molecular formula is C32H64N2O6. The van der Waals surface area contributed by atoms with Gasteiger partial charge in [0.2, 0.25) is 0 Å². The maximum atomic E-state index is 12.4. The van der Waals surface area contributed by atoms with E-state index in [1.54, 1.807) is 0 Å². The molecule has 0 spiro atoms. The highest BCUT2D eigenvalue weighted by molar-refractivity contribution is 5.69. The molecule has 0 aliphatic rings. The van der Waals surface area contributed by atoms with Crippen molar-refractivity contribution in [3.63, 3.8) is 0 Å². The summed E-state index contributed by atoms with van der Waals surface area (Å²) in [5, 5.41) is 2.86. The Kier molecular flexibility index (Phi) is 26.8. The zero-order valence-corrected chi connectivity index (χ0v) is 27.0. The molecule has 0 fully saturated rings. The summed E-state index contributed by atoms with van der Waals surface area (Å²) in [5.41, 5.74) is 0. The van der Waals surface area contributed by atoms with Crippen LogP contribution >= 0.6 is 0 Å². The Balaban J connectivity index is 4.27. The number of nitrogens with zero attached hydrogens (tertiary/aromatic N) is 1. The third kappa shape index (κ3) is 24.4. The number of carbonyl (C=O) groups excluding carboxylic acids is 2. The Morgan fingerprint density at radius 3 is 1.73 bits per heavy atom. The number of esters is 1. The van der Waals surface area contributed by atoms with E-state index in [4.69, 9.17) is 18.9 Å². The molecule has 238 valence electrons. The van der Waals surface area contributed by atoms with E-state index >= 15 is 0 Å². The van der Waals surface area contributed by atoms with Gasteiger partial charge in [-0.25, -0.2) is 4.79 Å². The van der Waals surface area contributed by atoms with Crippen LogP contribution in [0.1, 0.15) is 131 Å². The van der Waals surface area contributed by atoms with Gasteiger partial charge in [-0.3, -0.25) is 4.79 Å². The zero-order chi connectivity index (χ0) is 29.8. The first-order valence-corrected chi connectivity index (χ1v) is 16.4. The fourth-order valence-corrected chi connectivity index (χ4v) is 4.38. The van der Waals surface area contributed by atoms with Crippen molar-refractivity contribution in [1.29, 1.82) is 0 Å². The van der Waals surface area contributed by atoms with E-state index in [0.717, 1.165) is 32.5 Å². The molecule has 2 atom stereocenters. The SMILES string of the molecule is CCCCCCCCOC(CCC(=O)OCC(C)COC(=O)NC(C)CN(CC)CC)OCCCCCCCC. The van der Waals surface area contributed by atoms with Crippen LogP contribution in [0.15, 0.2) is 0 Å². The molecular weight excluding hydrogens is 508 g/mol. The van der Waals surface area contributed by atoms with Crippen LogP contribution < -0.4 is 5.32 Å². The fraction of sp³-hybridized carbons (Fsp3) is 0.938. The highest BCUT2D eigenvalue weighted by Gasteiger charge is 2.16. The Labute approximate surface area is 246 Å². The topological polar surface area (TPSA) is 86.3 Å². The molecule has 0 saturated carbocycles. The van der Waals surface area contributed by atoms with Gasteiger partial charge in [0, 0.05) is 38.1 Å². The van der Waals surface area contributed by atoms with Crippen LogP contribution in [0.25, 0.3) is 0 Å². The number of hydrogen-bond acceptors (Lipinski definition) is 7. The van der Waals surface area contributed by atoms with Crippen molar-refractivity contribution >= 4 is 12.1 Å². The van der Waals surface area contributed by atoms with E-state index < -0.39 is 6.09 Å². The summed E-state index contributed by atoms with van der Waals surface area (Å²) < 4.78 is 22.8. The average molecular weight is 573 g/mol. The number of alkyl carbamates (subject to hydrolysis) is 1. The minimum atomic E-state index is -0.439. The fourth-order valence-electron chi connectivity index (χ4n) is 4.38. The third-order valence-corrected chi connectivity index (χ3v) is 7.01. The van der Waals surface area contributed by atoms with E-state index in [1.165, 1.54) is 64.2 Å². The van der Waals surface area contributed by atoms with Crippen molar-refractivity contribution < 1.29 is 28.5 Å². The lowest BCUT2D eigenvalue weighted by Gasteiger charge is -2.23. The lowest BCUT2D eigenvalue weighted by molar-refractivity contribution is -0.160. The molecule has 0 aromatic rings. The second-order valence-corrected chi connectivity index (χ2v) is 11.2. The second kappa shape index (κ2) is 27.8. The lowest BCUT2D eigenvalue weighted by Crippen LogP contribution is -2.42. The number of carbonyl (C=O) groups is 2. The summed E-state index contributed by atoms with van der Waals surface area (Å²) in [7, 11) is 0. The highest BCUT2D eigenvalue weighted by atomic mass is 16.7. The number of hydrogen-bond donors (Lipinski definition) is 1. The lowest BCUT2D eigenvalue weighted by atomic mass is 10.1. The number of unbranched alkanes of at least 4 members (excludes halogenated alkanes) is 10. The van der Waals surface area contributed by atoms with Crippen molar-refractivity contribution in [3.05, 3.63) is 0 Å². The molecule has 2 unspecified atom stereocenters. The number of nitrogens with one attached hydrogen (secondary N) is 1. The molecule has 0 rings (SSSR count). The van der Waals surface area contributed by atoms with Gasteiger partial charge in [-0.15, -0.1) is 0 Å². The van der Waals surface area contributed by atoms with E-state index in [0.29, 0.717) is 19.6 Å². The average Bonchev–Trinajstić information content (AvgIpc) is 2.94. The maximum absolute atomic E-state index is 12.4. The van der Waals surface area contributed by atoms with Crippen LogP contribution in [-0.2, 0) is 23.7 Å². The van der Waals surface area contributed by atoms with Gasteiger partial charge >= 0.3 is 12.1 Å². The largest absolute Gasteiger partial charge is 0.465 e. The van der Waals surface area contributed by atoms with Crippen LogP contribution in [0.3, 0.4) is 0 Å². The zero-order valence-electron chi connectivity index (χ0n) is 27.0. The predicted molar refractivity (Wildman–Crippen MR) is 164 cm³/mol. The number of likely N-dealkylation sites (N-methyl/N-ethyl adjacent to an activating group) is 1. The monoisotopic (exact) mass is 572 g/mol. The van der Waals surface area contributed by atoms with Crippen molar-refractivity contribution in [1.82, 2.24) is 10.2 Å². The third-order valence-electron chi connectivity index (χ3n) is 7.01. The van der Waals surface area contributed by atoms with Crippen LogP contribution in [0, 0.1) is 5.92 Å². The van der Waals surface area contributed by atoms with Crippen LogP contribution in [0.2, 0.25) is 0 Å². The van der Waals surface area contributed by atoms with Crippen LogP contribution in [0.5, 0.6) is 0 Å². The molecule has 0 heterocycles. The van der Waals surface area contributed by atoms with Crippen molar-refractivity contribution in [2.75, 3.05) is 46.1 Å². The Morgan fingerprint density at radius 2 is 1.20 bits per heavy atom. The van der Waals surface area contributed by atoms with Gasteiger partial charge in [-0.2, -0.15) is 0 Å². The number of rotatable bonds is 28. The molecule has 0 aromatic heterocycles. The second-order valence-electron chi connectivity index (χ2n) is 11.2. The summed E-state index contributed by atoms with van der Waals surface area (Å²) in [6, 6.07) is 0.0000310. The normalized spacial score (nSPS) is 13.0. The van der Waals surface area contributed by atoms with Crippen LogP contribution in [0.4, 0.5) is 4.79 Å². The summed E-state index contributed by atoms with van der Waals surface area (Å²) in [6.45, 7) is 16.9. The molecule has 40 heavy (non-hydrogen) atoms. The van der Waals surface area contributed by atoms with Gasteiger partial charge in [-0.1, -0.05) is 98.8 Å². The molecule has 1 amide bonds. The first kappa shape index (κ1) is 38.6. The Hall–Kier alpha value is -1.38. The maximum Gasteiger partial charge on any atom is 0.407 e. The van der Waals surface area contributed by atoms with Gasteiger partial charge in [0.25, 0.3) is 0 Å². The van der Waals surface area contributed by atoms with Crippen LogP contribution in [-0.4, -0.2) is 75.4 Å². The van der Waals surface area contributed by atoms with Crippen molar-refractivity contribution in [3.8, 4) is 0 Å². The summed E-state index contributed by atoms with van der Waals surface area (Å²) in [6.07, 6.45) is 14.4. The minimum Gasteiger partial charge on any atom is -0.465 e. The molecule has 8 heteroatoms. The highest BCUT2D eigenvalue weighted by Crippen LogP contribution is 2.12. The van der Waals surface area contributed by atoms with E-state index in [-0.39, 0.29) is 43.9 Å². The first-order chi connectivity index (χ1) is 19.4. The van der Waals surface area contributed by atoms with Gasteiger partial charge in [0.05, 0.1) is 19.6 Å².